The fourth-order valence-electron chi connectivity index (χ4n) is 2.71. The van der Waals surface area contributed by atoms with Crippen LogP contribution in [0, 0.1) is 11.3 Å². The van der Waals surface area contributed by atoms with Gasteiger partial charge in [0.15, 0.2) is 0 Å². The molecule has 0 radical (unpaired) electrons. The third-order valence-electron chi connectivity index (χ3n) is 3.63. The molecule has 2 heterocycles. The maximum absolute atomic E-state index is 13.5. The van der Waals surface area contributed by atoms with E-state index in [1.54, 1.807) is 18.2 Å². The molecule has 21 heavy (non-hydrogen) atoms. The van der Waals surface area contributed by atoms with Gasteiger partial charge in [-0.25, -0.2) is 9.92 Å². The van der Waals surface area contributed by atoms with Gasteiger partial charge in [0.05, 0.1) is 16.4 Å². The molecular formula is C15H9FN4O. The van der Waals surface area contributed by atoms with Crippen LogP contribution in [0.5, 0.6) is 0 Å². The second kappa shape index (κ2) is 3.99. The number of aromatic amines is 1. The Kier molecular flexibility index (Phi) is 2.24. The van der Waals surface area contributed by atoms with E-state index in [2.05, 4.69) is 10.1 Å². The van der Waals surface area contributed by atoms with Gasteiger partial charge >= 0.3 is 0 Å². The summed E-state index contributed by atoms with van der Waals surface area (Å²) >= 11 is 0. The zero-order valence-corrected chi connectivity index (χ0v) is 10.7. The molecule has 4 rings (SSSR count). The normalized spacial score (nSPS) is 11.5. The lowest BCUT2D eigenvalue weighted by Crippen LogP contribution is -2.13. The van der Waals surface area contributed by atoms with Crippen molar-refractivity contribution in [2.75, 3.05) is 0 Å². The number of aromatic nitrogens is 2. The van der Waals surface area contributed by atoms with Gasteiger partial charge in [0.25, 0.3) is 5.56 Å². The Labute approximate surface area is 117 Å². The van der Waals surface area contributed by atoms with Gasteiger partial charge in [-0.05, 0) is 30.3 Å². The highest BCUT2D eigenvalue weighted by Gasteiger charge is 2.16. The van der Waals surface area contributed by atoms with E-state index in [0.717, 1.165) is 0 Å². The first-order chi connectivity index (χ1) is 10.2. The van der Waals surface area contributed by atoms with Crippen LogP contribution in [0.3, 0.4) is 0 Å². The molecule has 0 unspecified atom stereocenters. The molecule has 0 amide bonds. The summed E-state index contributed by atoms with van der Waals surface area (Å²) in [6.07, 6.45) is 0. The summed E-state index contributed by atoms with van der Waals surface area (Å²) < 4.78 is 14.9. The summed E-state index contributed by atoms with van der Waals surface area (Å²) in [5, 5.41) is 4.44. The third kappa shape index (κ3) is 1.47. The molecule has 0 aliphatic carbocycles. The first-order valence-electron chi connectivity index (χ1n) is 6.33. The smallest absolute Gasteiger partial charge is 0.266 e. The van der Waals surface area contributed by atoms with Crippen molar-refractivity contribution in [1.29, 1.82) is 5.53 Å². The Morgan fingerprint density at radius 1 is 1.14 bits per heavy atom. The van der Waals surface area contributed by atoms with Crippen LogP contribution < -0.4 is 5.56 Å². The van der Waals surface area contributed by atoms with Gasteiger partial charge in [-0.15, -0.1) is 0 Å². The highest BCUT2D eigenvalue weighted by atomic mass is 19.1. The first kappa shape index (κ1) is 11.8. The highest BCUT2D eigenvalue weighted by molar-refractivity contribution is 6.01. The number of hydrogen-bond acceptors (Lipinski definition) is 3. The van der Waals surface area contributed by atoms with Crippen LogP contribution in [0.15, 0.2) is 52.4 Å². The van der Waals surface area contributed by atoms with E-state index in [-0.39, 0.29) is 11.2 Å². The van der Waals surface area contributed by atoms with Crippen molar-refractivity contribution in [3.05, 3.63) is 58.6 Å². The molecule has 2 N–H and O–H groups in total. The molecule has 0 saturated carbocycles. The highest BCUT2D eigenvalue weighted by Crippen LogP contribution is 2.32. The number of hydrogen-bond donors (Lipinski definition) is 2. The first-order valence-corrected chi connectivity index (χ1v) is 6.33. The SMILES string of the molecule is N=Nc1c2cc(F)ccc2n2c(=O)c3ccccc3[nH]c12. The minimum atomic E-state index is -0.430. The third-order valence-corrected chi connectivity index (χ3v) is 3.63. The van der Waals surface area contributed by atoms with Crippen molar-refractivity contribution >= 4 is 33.1 Å². The fraction of sp³-hybridized carbons (Fsp3) is 0. The number of halogens is 1. The van der Waals surface area contributed by atoms with E-state index in [1.807, 2.05) is 6.07 Å². The topological polar surface area (TPSA) is 73.5 Å². The molecule has 2 aromatic heterocycles. The predicted molar refractivity (Wildman–Crippen MR) is 77.8 cm³/mol. The van der Waals surface area contributed by atoms with Gasteiger partial charge in [0.1, 0.15) is 17.2 Å². The Morgan fingerprint density at radius 2 is 1.95 bits per heavy atom. The van der Waals surface area contributed by atoms with E-state index >= 15 is 0 Å². The largest absolute Gasteiger partial charge is 0.339 e. The van der Waals surface area contributed by atoms with Gasteiger partial charge in [0, 0.05) is 5.39 Å². The molecule has 0 fully saturated rings. The minimum Gasteiger partial charge on any atom is -0.339 e. The van der Waals surface area contributed by atoms with Crippen LogP contribution in [-0.4, -0.2) is 9.38 Å². The average Bonchev–Trinajstić information content (AvgIpc) is 2.80. The maximum atomic E-state index is 13.5. The number of nitrogens with zero attached hydrogens (tertiary/aromatic N) is 2. The average molecular weight is 280 g/mol. The summed E-state index contributed by atoms with van der Waals surface area (Å²) in [5.74, 6) is -0.430. The van der Waals surface area contributed by atoms with Crippen LogP contribution in [0.1, 0.15) is 0 Å². The molecule has 6 heteroatoms. The Hall–Kier alpha value is -3.02. The molecular weight excluding hydrogens is 271 g/mol. The molecule has 2 aromatic carbocycles. The Balaban J connectivity index is 2.39. The van der Waals surface area contributed by atoms with E-state index in [4.69, 9.17) is 5.53 Å². The van der Waals surface area contributed by atoms with Crippen molar-refractivity contribution in [3.8, 4) is 0 Å². The van der Waals surface area contributed by atoms with Crippen LogP contribution in [0.2, 0.25) is 0 Å². The van der Waals surface area contributed by atoms with Gasteiger partial charge in [-0.3, -0.25) is 9.20 Å². The van der Waals surface area contributed by atoms with Crippen molar-refractivity contribution in [2.45, 2.75) is 0 Å². The summed E-state index contributed by atoms with van der Waals surface area (Å²) in [5.41, 5.74) is 8.97. The van der Waals surface area contributed by atoms with Crippen LogP contribution in [0.25, 0.3) is 27.5 Å². The summed E-state index contributed by atoms with van der Waals surface area (Å²) in [6, 6.07) is 11.2. The number of para-hydroxylation sites is 1. The second-order valence-corrected chi connectivity index (χ2v) is 4.78. The molecule has 4 aromatic rings. The lowest BCUT2D eigenvalue weighted by molar-refractivity contribution is 0.629. The van der Waals surface area contributed by atoms with Crippen LogP contribution >= 0.6 is 0 Å². The Bertz CT molecular complexity index is 1090. The van der Waals surface area contributed by atoms with Crippen molar-refractivity contribution in [1.82, 2.24) is 9.38 Å². The molecule has 102 valence electrons. The van der Waals surface area contributed by atoms with Crippen molar-refractivity contribution in [2.24, 2.45) is 5.11 Å². The maximum Gasteiger partial charge on any atom is 0.266 e. The monoisotopic (exact) mass is 280 g/mol. The van der Waals surface area contributed by atoms with E-state index in [1.165, 1.54) is 22.6 Å². The molecule has 5 nitrogen and oxygen atoms in total. The molecule has 0 bridgehead atoms. The van der Waals surface area contributed by atoms with E-state index < -0.39 is 5.82 Å². The Morgan fingerprint density at radius 3 is 2.76 bits per heavy atom. The lowest BCUT2D eigenvalue weighted by Gasteiger charge is -2.01. The second-order valence-electron chi connectivity index (χ2n) is 4.78. The number of benzene rings is 2. The zero-order chi connectivity index (χ0) is 14.6. The van der Waals surface area contributed by atoms with E-state index in [0.29, 0.717) is 27.5 Å². The molecule has 0 aliphatic rings. The van der Waals surface area contributed by atoms with E-state index in [9.17, 15) is 9.18 Å². The lowest BCUT2D eigenvalue weighted by atomic mass is 10.2. The quantitative estimate of drug-likeness (QED) is 0.512. The summed E-state index contributed by atoms with van der Waals surface area (Å²) in [4.78, 5) is 15.8. The number of nitrogens with one attached hydrogen (secondary N) is 2. The molecule has 0 saturated heterocycles. The van der Waals surface area contributed by atoms with Gasteiger partial charge in [-0.2, -0.15) is 5.11 Å². The molecule has 0 spiro atoms. The predicted octanol–water partition coefficient (Wildman–Crippen LogP) is 3.74. The van der Waals surface area contributed by atoms with Crippen molar-refractivity contribution < 1.29 is 4.39 Å². The summed E-state index contributed by atoms with van der Waals surface area (Å²) in [6.45, 7) is 0. The molecule has 0 atom stereocenters. The molecule has 0 aliphatic heterocycles. The number of fused-ring (bicyclic) bond motifs is 4. The van der Waals surface area contributed by atoms with Gasteiger partial charge in [-0.1, -0.05) is 12.1 Å². The fourth-order valence-corrected chi connectivity index (χ4v) is 2.71. The van der Waals surface area contributed by atoms with Gasteiger partial charge < -0.3 is 4.98 Å². The minimum absolute atomic E-state index is 0.217. The number of H-pyrrole nitrogens is 1. The summed E-state index contributed by atoms with van der Waals surface area (Å²) in [7, 11) is 0. The van der Waals surface area contributed by atoms with Crippen LogP contribution in [0.4, 0.5) is 10.1 Å². The van der Waals surface area contributed by atoms with Gasteiger partial charge in [0.2, 0.25) is 0 Å². The zero-order valence-electron chi connectivity index (χ0n) is 10.7. The standard InChI is InChI=1S/C15H9FN4O/c16-8-5-6-12-10(7-8)13(19-17)14-18-11-4-2-1-3-9(11)15(21)20(12)14/h1-7,17-18H. The number of rotatable bonds is 1. The van der Waals surface area contributed by atoms with Crippen molar-refractivity contribution in [3.63, 3.8) is 0 Å². The van der Waals surface area contributed by atoms with Crippen LogP contribution in [-0.2, 0) is 0 Å².